The van der Waals surface area contributed by atoms with Crippen molar-refractivity contribution in [2.24, 2.45) is 0 Å². The molecular formula is C13H16N4. The van der Waals surface area contributed by atoms with Gasteiger partial charge in [0.05, 0.1) is 23.6 Å². The Bertz CT molecular complexity index is 523. The molecule has 88 valence electrons. The number of nitrogens with one attached hydrogen (secondary N) is 1. The van der Waals surface area contributed by atoms with Crippen molar-refractivity contribution in [1.29, 1.82) is 0 Å². The first-order chi connectivity index (χ1) is 8.16. The van der Waals surface area contributed by atoms with E-state index in [1.54, 1.807) is 6.20 Å². The van der Waals surface area contributed by atoms with Gasteiger partial charge in [0.2, 0.25) is 0 Å². The smallest absolute Gasteiger partial charge is 0.125 e. The van der Waals surface area contributed by atoms with Crippen LogP contribution in [0.3, 0.4) is 0 Å². The Morgan fingerprint density at radius 2 is 2.06 bits per heavy atom. The zero-order valence-electron chi connectivity index (χ0n) is 10.1. The maximum atomic E-state index is 5.98. The molecule has 0 aliphatic carbocycles. The van der Waals surface area contributed by atoms with E-state index in [1.165, 1.54) is 0 Å². The van der Waals surface area contributed by atoms with Gasteiger partial charge in [-0.05, 0) is 31.5 Å². The quantitative estimate of drug-likeness (QED) is 0.791. The highest BCUT2D eigenvalue weighted by Crippen LogP contribution is 2.22. The fraction of sp³-hybridized carbons (Fsp3) is 0.231. The average molecular weight is 228 g/mol. The van der Waals surface area contributed by atoms with Gasteiger partial charge in [-0.25, -0.2) is 9.97 Å². The summed E-state index contributed by atoms with van der Waals surface area (Å²) in [7, 11) is 0. The van der Waals surface area contributed by atoms with E-state index in [9.17, 15) is 0 Å². The van der Waals surface area contributed by atoms with Gasteiger partial charge in [-0.15, -0.1) is 0 Å². The maximum absolute atomic E-state index is 5.98. The number of hydrogen-bond donors (Lipinski definition) is 2. The summed E-state index contributed by atoms with van der Waals surface area (Å²) in [5.41, 5.74) is 9.75. The molecule has 0 saturated carbocycles. The van der Waals surface area contributed by atoms with Gasteiger partial charge in [-0.2, -0.15) is 0 Å². The van der Waals surface area contributed by atoms with Gasteiger partial charge in [0.25, 0.3) is 0 Å². The molecule has 2 aromatic rings. The van der Waals surface area contributed by atoms with Crippen LogP contribution in [0.25, 0.3) is 0 Å². The molecule has 0 unspecified atom stereocenters. The van der Waals surface area contributed by atoms with Crippen molar-refractivity contribution in [3.63, 3.8) is 0 Å². The number of benzene rings is 1. The summed E-state index contributed by atoms with van der Waals surface area (Å²) in [6.07, 6.45) is 1.76. The van der Waals surface area contributed by atoms with Crippen LogP contribution in [0.2, 0.25) is 0 Å². The standard InChI is InChI=1S/C13H16N4/c1-9-4-3-5-12(13(9)14)16-8-11-6-7-15-10(2)17-11/h3-7,16H,8,14H2,1-2H3. The van der Waals surface area contributed by atoms with Crippen molar-refractivity contribution in [1.82, 2.24) is 9.97 Å². The average Bonchev–Trinajstić information content (AvgIpc) is 2.31. The van der Waals surface area contributed by atoms with Gasteiger partial charge < -0.3 is 11.1 Å². The largest absolute Gasteiger partial charge is 0.397 e. The van der Waals surface area contributed by atoms with Crippen molar-refractivity contribution in [2.75, 3.05) is 11.1 Å². The molecule has 1 heterocycles. The fourth-order valence-corrected chi connectivity index (χ4v) is 1.62. The molecule has 3 N–H and O–H groups in total. The Morgan fingerprint density at radius 3 is 2.82 bits per heavy atom. The van der Waals surface area contributed by atoms with Crippen molar-refractivity contribution >= 4 is 11.4 Å². The lowest BCUT2D eigenvalue weighted by atomic mass is 10.1. The molecule has 0 spiro atoms. The molecule has 2 rings (SSSR count). The van der Waals surface area contributed by atoms with Gasteiger partial charge in [-0.1, -0.05) is 12.1 Å². The van der Waals surface area contributed by atoms with Crippen LogP contribution in [0.5, 0.6) is 0 Å². The first-order valence-electron chi connectivity index (χ1n) is 5.54. The molecule has 0 bridgehead atoms. The summed E-state index contributed by atoms with van der Waals surface area (Å²) in [6.45, 7) is 4.52. The summed E-state index contributed by atoms with van der Waals surface area (Å²) >= 11 is 0. The zero-order valence-corrected chi connectivity index (χ0v) is 10.1. The zero-order chi connectivity index (χ0) is 12.3. The summed E-state index contributed by atoms with van der Waals surface area (Å²) in [6, 6.07) is 7.84. The fourth-order valence-electron chi connectivity index (χ4n) is 1.62. The van der Waals surface area contributed by atoms with Crippen LogP contribution in [-0.2, 0) is 6.54 Å². The van der Waals surface area contributed by atoms with Gasteiger partial charge in [0.15, 0.2) is 0 Å². The summed E-state index contributed by atoms with van der Waals surface area (Å²) in [4.78, 5) is 8.39. The molecule has 4 heteroatoms. The van der Waals surface area contributed by atoms with Crippen LogP contribution in [0.4, 0.5) is 11.4 Å². The molecular weight excluding hydrogens is 212 g/mol. The number of aromatic nitrogens is 2. The molecule has 4 nitrogen and oxygen atoms in total. The lowest BCUT2D eigenvalue weighted by Gasteiger charge is -2.10. The van der Waals surface area contributed by atoms with Gasteiger partial charge >= 0.3 is 0 Å². The topological polar surface area (TPSA) is 63.8 Å². The van der Waals surface area contributed by atoms with E-state index in [2.05, 4.69) is 15.3 Å². The van der Waals surface area contributed by atoms with E-state index in [0.29, 0.717) is 6.54 Å². The normalized spacial score (nSPS) is 10.2. The molecule has 1 aromatic heterocycles. The molecule has 0 aliphatic rings. The molecule has 0 atom stereocenters. The van der Waals surface area contributed by atoms with Crippen molar-refractivity contribution in [2.45, 2.75) is 20.4 Å². The number of para-hydroxylation sites is 1. The van der Waals surface area contributed by atoms with Crippen LogP contribution in [0, 0.1) is 13.8 Å². The van der Waals surface area contributed by atoms with E-state index >= 15 is 0 Å². The molecule has 0 radical (unpaired) electrons. The third-order valence-electron chi connectivity index (χ3n) is 2.62. The first kappa shape index (κ1) is 11.4. The minimum Gasteiger partial charge on any atom is -0.397 e. The second-order valence-corrected chi connectivity index (χ2v) is 3.98. The Morgan fingerprint density at radius 1 is 1.24 bits per heavy atom. The Balaban J connectivity index is 2.10. The van der Waals surface area contributed by atoms with E-state index in [-0.39, 0.29) is 0 Å². The molecule has 0 saturated heterocycles. The predicted molar refractivity (Wildman–Crippen MR) is 69.7 cm³/mol. The predicted octanol–water partition coefficient (Wildman–Crippen LogP) is 2.29. The lowest BCUT2D eigenvalue weighted by Crippen LogP contribution is -2.05. The minimum absolute atomic E-state index is 0.650. The summed E-state index contributed by atoms with van der Waals surface area (Å²) in [5, 5.41) is 3.28. The van der Waals surface area contributed by atoms with Crippen molar-refractivity contribution in [3.05, 3.63) is 47.5 Å². The first-order valence-corrected chi connectivity index (χ1v) is 5.54. The third-order valence-corrected chi connectivity index (χ3v) is 2.62. The van der Waals surface area contributed by atoms with Gasteiger partial charge in [0, 0.05) is 6.20 Å². The van der Waals surface area contributed by atoms with Gasteiger partial charge in [0.1, 0.15) is 5.82 Å². The lowest BCUT2D eigenvalue weighted by molar-refractivity contribution is 0.955. The second-order valence-electron chi connectivity index (χ2n) is 3.98. The highest BCUT2D eigenvalue weighted by molar-refractivity contribution is 5.69. The third kappa shape index (κ3) is 2.72. The number of anilines is 2. The SMILES string of the molecule is Cc1nccc(CNc2cccc(C)c2N)n1. The molecule has 0 fully saturated rings. The number of rotatable bonds is 3. The highest BCUT2D eigenvalue weighted by Gasteiger charge is 2.01. The van der Waals surface area contributed by atoms with E-state index < -0.39 is 0 Å². The van der Waals surface area contributed by atoms with E-state index in [0.717, 1.165) is 28.5 Å². The van der Waals surface area contributed by atoms with Crippen LogP contribution >= 0.6 is 0 Å². The van der Waals surface area contributed by atoms with Crippen LogP contribution < -0.4 is 11.1 Å². The van der Waals surface area contributed by atoms with Crippen LogP contribution in [0.1, 0.15) is 17.1 Å². The number of nitrogens with two attached hydrogens (primary N) is 1. The summed E-state index contributed by atoms with van der Waals surface area (Å²) < 4.78 is 0. The number of aryl methyl sites for hydroxylation is 2. The number of nitrogens with zero attached hydrogens (tertiary/aromatic N) is 2. The van der Waals surface area contributed by atoms with Gasteiger partial charge in [-0.3, -0.25) is 0 Å². The molecule has 0 aliphatic heterocycles. The van der Waals surface area contributed by atoms with Crippen molar-refractivity contribution in [3.8, 4) is 0 Å². The van der Waals surface area contributed by atoms with Crippen LogP contribution in [0.15, 0.2) is 30.5 Å². The monoisotopic (exact) mass is 228 g/mol. The number of nitrogen functional groups attached to an aromatic ring is 1. The van der Waals surface area contributed by atoms with Crippen molar-refractivity contribution < 1.29 is 0 Å². The molecule has 0 amide bonds. The Hall–Kier alpha value is -2.10. The molecule has 17 heavy (non-hydrogen) atoms. The number of hydrogen-bond acceptors (Lipinski definition) is 4. The van der Waals surface area contributed by atoms with Crippen LogP contribution in [-0.4, -0.2) is 9.97 Å². The molecule has 1 aromatic carbocycles. The Labute approximate surface area is 101 Å². The highest BCUT2D eigenvalue weighted by atomic mass is 14.9. The second kappa shape index (κ2) is 4.82. The Kier molecular flexibility index (Phi) is 3.23. The maximum Gasteiger partial charge on any atom is 0.125 e. The van der Waals surface area contributed by atoms with E-state index in [1.807, 2.05) is 38.1 Å². The minimum atomic E-state index is 0.650. The summed E-state index contributed by atoms with van der Waals surface area (Å²) in [5.74, 6) is 0.779. The van der Waals surface area contributed by atoms with E-state index in [4.69, 9.17) is 5.73 Å².